The smallest absolute Gasteiger partial charge is 0.229 e. The van der Waals surface area contributed by atoms with Crippen molar-refractivity contribution in [1.29, 1.82) is 0 Å². The van der Waals surface area contributed by atoms with Crippen LogP contribution in [0.5, 0.6) is 0 Å². The predicted molar refractivity (Wildman–Crippen MR) is 77.0 cm³/mol. The first-order chi connectivity index (χ1) is 9.84. The molecule has 2 aliphatic rings. The van der Waals surface area contributed by atoms with Crippen LogP contribution in [0.1, 0.15) is 6.42 Å². The molecule has 1 atom stereocenters. The highest BCUT2D eigenvalue weighted by Gasteiger charge is 2.24. The Labute approximate surface area is 118 Å². The minimum absolute atomic E-state index is 0.0206. The zero-order chi connectivity index (χ0) is 13.8. The third-order valence-corrected chi connectivity index (χ3v) is 3.81. The van der Waals surface area contributed by atoms with E-state index < -0.39 is 0 Å². The molecule has 2 heterocycles. The number of carbonyl (C=O) groups is 1. The Kier molecular flexibility index (Phi) is 4.18. The summed E-state index contributed by atoms with van der Waals surface area (Å²) >= 11 is 0. The number of hydrogen-bond donors (Lipinski definition) is 1. The Hall–Kier alpha value is -1.59. The molecular weight excluding hydrogens is 256 g/mol. The number of nitrogens with one attached hydrogen (secondary N) is 1. The van der Waals surface area contributed by atoms with Gasteiger partial charge < -0.3 is 19.7 Å². The van der Waals surface area contributed by atoms with Gasteiger partial charge in [-0.2, -0.15) is 0 Å². The lowest BCUT2D eigenvalue weighted by Gasteiger charge is -2.30. The van der Waals surface area contributed by atoms with Gasteiger partial charge in [0.15, 0.2) is 0 Å². The minimum atomic E-state index is -0.0206. The topological polar surface area (TPSA) is 50.8 Å². The Bertz CT molecular complexity index is 466. The van der Waals surface area contributed by atoms with Gasteiger partial charge in [0.1, 0.15) is 0 Å². The largest absolute Gasteiger partial charge is 0.381 e. The second-order valence-electron chi connectivity index (χ2n) is 5.17. The van der Waals surface area contributed by atoms with Crippen molar-refractivity contribution in [1.82, 2.24) is 0 Å². The molecule has 1 unspecified atom stereocenters. The summed E-state index contributed by atoms with van der Waals surface area (Å²) in [5, 5.41) is 3.05. The van der Waals surface area contributed by atoms with Gasteiger partial charge in [-0.1, -0.05) is 12.1 Å². The number of anilines is 2. The van der Waals surface area contributed by atoms with Crippen LogP contribution in [-0.2, 0) is 14.3 Å². The van der Waals surface area contributed by atoms with E-state index in [1.54, 1.807) is 0 Å². The lowest BCUT2D eigenvalue weighted by Crippen LogP contribution is -2.37. The first-order valence-electron chi connectivity index (χ1n) is 7.15. The summed E-state index contributed by atoms with van der Waals surface area (Å²) in [6, 6.07) is 7.95. The van der Waals surface area contributed by atoms with Crippen LogP contribution < -0.4 is 10.2 Å². The molecule has 3 rings (SSSR count). The van der Waals surface area contributed by atoms with Crippen molar-refractivity contribution in [2.75, 3.05) is 49.7 Å². The fourth-order valence-corrected chi connectivity index (χ4v) is 2.64. The van der Waals surface area contributed by atoms with E-state index in [9.17, 15) is 4.79 Å². The van der Waals surface area contributed by atoms with Crippen LogP contribution in [0.2, 0.25) is 0 Å². The summed E-state index contributed by atoms with van der Waals surface area (Å²) in [5.74, 6) is 0.0379. The summed E-state index contributed by atoms with van der Waals surface area (Å²) in [6.07, 6.45) is 0.811. The predicted octanol–water partition coefficient (Wildman–Crippen LogP) is 1.50. The number of morpholine rings is 1. The van der Waals surface area contributed by atoms with Gasteiger partial charge in [0.05, 0.1) is 37.1 Å². The monoisotopic (exact) mass is 276 g/mol. The normalized spacial score (nSPS) is 22.8. The molecule has 1 aromatic rings. The van der Waals surface area contributed by atoms with Gasteiger partial charge >= 0.3 is 0 Å². The van der Waals surface area contributed by atoms with Crippen LogP contribution in [0.15, 0.2) is 24.3 Å². The van der Waals surface area contributed by atoms with Crippen LogP contribution in [0.25, 0.3) is 0 Å². The van der Waals surface area contributed by atoms with Crippen molar-refractivity contribution >= 4 is 17.3 Å². The van der Waals surface area contributed by atoms with E-state index in [1.807, 2.05) is 24.3 Å². The molecule has 5 nitrogen and oxygen atoms in total. The van der Waals surface area contributed by atoms with Gasteiger partial charge in [-0.25, -0.2) is 0 Å². The third-order valence-electron chi connectivity index (χ3n) is 3.81. The fourth-order valence-electron chi connectivity index (χ4n) is 2.64. The van der Waals surface area contributed by atoms with Crippen LogP contribution in [0.4, 0.5) is 11.4 Å². The standard InChI is InChI=1S/C15H20N2O3/c18-15(12-5-8-20-11-12)16-13-3-1-2-4-14(13)17-6-9-19-10-7-17/h1-4,12H,5-11H2,(H,16,18). The Morgan fingerprint density at radius 3 is 2.70 bits per heavy atom. The molecule has 0 aliphatic carbocycles. The van der Waals surface area contributed by atoms with E-state index in [1.165, 1.54) is 0 Å². The molecule has 2 aliphatic heterocycles. The van der Waals surface area contributed by atoms with Gasteiger partial charge in [0, 0.05) is 19.7 Å². The first-order valence-corrected chi connectivity index (χ1v) is 7.15. The lowest BCUT2D eigenvalue weighted by atomic mass is 10.1. The molecule has 1 aromatic carbocycles. The number of ether oxygens (including phenoxy) is 2. The van der Waals surface area contributed by atoms with E-state index in [2.05, 4.69) is 10.2 Å². The highest BCUT2D eigenvalue weighted by molar-refractivity contribution is 5.96. The molecule has 20 heavy (non-hydrogen) atoms. The molecule has 1 amide bonds. The first kappa shape index (κ1) is 13.4. The maximum atomic E-state index is 12.2. The number of para-hydroxylation sites is 2. The molecule has 0 aromatic heterocycles. The summed E-state index contributed by atoms with van der Waals surface area (Å²) in [6.45, 7) is 4.41. The number of benzene rings is 1. The zero-order valence-electron chi connectivity index (χ0n) is 11.5. The zero-order valence-corrected chi connectivity index (χ0v) is 11.5. The summed E-state index contributed by atoms with van der Waals surface area (Å²) in [7, 11) is 0. The van der Waals surface area contributed by atoms with Crippen LogP contribution in [-0.4, -0.2) is 45.4 Å². The van der Waals surface area contributed by atoms with Crippen molar-refractivity contribution in [2.45, 2.75) is 6.42 Å². The average molecular weight is 276 g/mol. The number of carbonyl (C=O) groups excluding carboxylic acids is 1. The van der Waals surface area contributed by atoms with Gasteiger partial charge in [0.2, 0.25) is 5.91 Å². The summed E-state index contributed by atoms with van der Waals surface area (Å²) < 4.78 is 10.7. The van der Waals surface area contributed by atoms with Crippen LogP contribution in [0, 0.1) is 5.92 Å². The molecular formula is C15H20N2O3. The second-order valence-corrected chi connectivity index (χ2v) is 5.17. The van der Waals surface area contributed by atoms with Crippen molar-refractivity contribution in [3.63, 3.8) is 0 Å². The molecule has 5 heteroatoms. The molecule has 0 bridgehead atoms. The minimum Gasteiger partial charge on any atom is -0.381 e. The lowest BCUT2D eigenvalue weighted by molar-refractivity contribution is -0.119. The van der Waals surface area contributed by atoms with Gasteiger partial charge in [0.25, 0.3) is 0 Å². The molecule has 2 saturated heterocycles. The number of hydrogen-bond acceptors (Lipinski definition) is 4. The van der Waals surface area contributed by atoms with Crippen molar-refractivity contribution in [3.05, 3.63) is 24.3 Å². The van der Waals surface area contributed by atoms with E-state index in [0.717, 1.165) is 44.1 Å². The Morgan fingerprint density at radius 1 is 1.15 bits per heavy atom. The maximum absolute atomic E-state index is 12.2. The van der Waals surface area contributed by atoms with Crippen molar-refractivity contribution in [2.24, 2.45) is 5.92 Å². The fraction of sp³-hybridized carbons (Fsp3) is 0.533. The van der Waals surface area contributed by atoms with Gasteiger partial charge in [-0.05, 0) is 18.6 Å². The molecule has 108 valence electrons. The van der Waals surface area contributed by atoms with Crippen molar-refractivity contribution in [3.8, 4) is 0 Å². The van der Waals surface area contributed by atoms with E-state index in [0.29, 0.717) is 13.2 Å². The number of rotatable bonds is 3. The van der Waals surface area contributed by atoms with E-state index in [4.69, 9.17) is 9.47 Å². The van der Waals surface area contributed by atoms with E-state index >= 15 is 0 Å². The molecule has 0 saturated carbocycles. The van der Waals surface area contributed by atoms with Crippen LogP contribution in [0.3, 0.4) is 0 Å². The number of nitrogens with zero attached hydrogens (tertiary/aromatic N) is 1. The second kappa shape index (κ2) is 6.24. The average Bonchev–Trinajstić information content (AvgIpc) is 3.03. The molecule has 0 radical (unpaired) electrons. The molecule has 1 N–H and O–H groups in total. The number of amides is 1. The summed E-state index contributed by atoms with van der Waals surface area (Å²) in [5.41, 5.74) is 1.95. The quantitative estimate of drug-likeness (QED) is 0.909. The highest BCUT2D eigenvalue weighted by Crippen LogP contribution is 2.27. The third kappa shape index (κ3) is 2.94. The Morgan fingerprint density at radius 2 is 1.95 bits per heavy atom. The van der Waals surface area contributed by atoms with Gasteiger partial charge in [-0.15, -0.1) is 0 Å². The maximum Gasteiger partial charge on any atom is 0.229 e. The van der Waals surface area contributed by atoms with Crippen LogP contribution >= 0.6 is 0 Å². The molecule has 2 fully saturated rings. The SMILES string of the molecule is O=C(Nc1ccccc1N1CCOCC1)C1CCOC1. The van der Waals surface area contributed by atoms with Gasteiger partial charge in [-0.3, -0.25) is 4.79 Å². The van der Waals surface area contributed by atoms with Crippen molar-refractivity contribution < 1.29 is 14.3 Å². The van der Waals surface area contributed by atoms with E-state index in [-0.39, 0.29) is 11.8 Å². The summed E-state index contributed by atoms with van der Waals surface area (Å²) in [4.78, 5) is 14.5. The molecule has 0 spiro atoms. The Balaban J connectivity index is 1.73. The highest BCUT2D eigenvalue weighted by atomic mass is 16.5.